The van der Waals surface area contributed by atoms with Crippen LogP contribution in [-0.4, -0.2) is 124 Å². The topological polar surface area (TPSA) is 188 Å². The minimum Gasteiger partial charge on any atom is -0.480 e. The Morgan fingerprint density at radius 3 is 1.54 bits per heavy atom. The molecule has 0 aliphatic rings. The van der Waals surface area contributed by atoms with Crippen LogP contribution in [0.25, 0.3) is 10.8 Å². The lowest BCUT2D eigenvalue weighted by atomic mass is 10.1. The summed E-state index contributed by atoms with van der Waals surface area (Å²) < 4.78 is 0. The Balaban J connectivity index is 2.03. The lowest BCUT2D eigenvalue weighted by Gasteiger charge is -2.27. The molecular formula is C24H30N4O9. The van der Waals surface area contributed by atoms with E-state index >= 15 is 0 Å². The molecule has 0 bridgehead atoms. The zero-order chi connectivity index (χ0) is 27.4. The van der Waals surface area contributed by atoms with Gasteiger partial charge in [0.1, 0.15) is 0 Å². The number of aliphatic carboxylic acids is 4. The molecule has 0 fully saturated rings. The summed E-state index contributed by atoms with van der Waals surface area (Å²) in [5.74, 6) is -5.23. The summed E-state index contributed by atoms with van der Waals surface area (Å²) in [6.07, 6.45) is 0. The molecule has 13 heteroatoms. The van der Waals surface area contributed by atoms with Crippen LogP contribution in [0.1, 0.15) is 0 Å². The van der Waals surface area contributed by atoms with E-state index in [4.69, 9.17) is 10.2 Å². The van der Waals surface area contributed by atoms with E-state index in [9.17, 15) is 34.2 Å². The molecule has 1 amide bonds. The number of carboxylic acid groups (broad SMARTS) is 4. The maximum Gasteiger partial charge on any atom is 0.317 e. The number of hydrogen-bond donors (Lipinski definition) is 5. The van der Waals surface area contributed by atoms with Gasteiger partial charge in [-0.15, -0.1) is 0 Å². The van der Waals surface area contributed by atoms with E-state index in [0.717, 1.165) is 15.7 Å². The zero-order valence-corrected chi connectivity index (χ0v) is 20.1. The van der Waals surface area contributed by atoms with Gasteiger partial charge in [-0.3, -0.25) is 38.7 Å². The quantitative estimate of drug-likeness (QED) is 0.189. The molecule has 0 atom stereocenters. The van der Waals surface area contributed by atoms with E-state index in [2.05, 4.69) is 5.32 Å². The van der Waals surface area contributed by atoms with E-state index in [-0.39, 0.29) is 32.7 Å². The lowest BCUT2D eigenvalue weighted by molar-refractivity contribution is -0.143. The Hall–Kier alpha value is -4.07. The van der Waals surface area contributed by atoms with Crippen molar-refractivity contribution in [2.45, 2.75) is 0 Å². The molecule has 0 aromatic heterocycles. The van der Waals surface area contributed by atoms with Crippen molar-refractivity contribution in [3.63, 3.8) is 0 Å². The molecule has 0 saturated carbocycles. The molecule has 0 heterocycles. The molecule has 0 unspecified atom stereocenters. The van der Waals surface area contributed by atoms with E-state index in [1.807, 2.05) is 30.3 Å². The number of carbonyl (C=O) groups excluding carboxylic acids is 1. The fraction of sp³-hybridized carbons (Fsp3) is 0.375. The predicted octanol–water partition coefficient (Wildman–Crippen LogP) is 0.0227. The number of amides is 1. The number of nitrogens with zero attached hydrogens (tertiary/aromatic N) is 3. The summed E-state index contributed by atoms with van der Waals surface area (Å²) in [4.78, 5) is 61.3. The molecule has 13 nitrogen and oxygen atoms in total. The molecule has 0 spiro atoms. The minimum absolute atomic E-state index is 0.0238. The number of fused-ring (bicyclic) bond motifs is 1. The third-order valence-corrected chi connectivity index (χ3v) is 5.33. The standard InChI is InChI=1S/C24H30N4O9/c29-20(25-19-7-3-5-17-4-1-2-6-18(17)19)12-27(14-22(32)33)10-8-26(13-21(30)31)9-11-28(15-23(34)35)16-24(36)37/h1-7H,8-16H2,(H,25,29)(H,30,31)(H,32,33)(H,34,35)(H,36,37). The Morgan fingerprint density at radius 2 is 1.00 bits per heavy atom. The minimum atomic E-state index is -1.23. The second-order valence-electron chi connectivity index (χ2n) is 8.35. The molecule has 0 aliphatic carbocycles. The van der Waals surface area contributed by atoms with Crippen molar-refractivity contribution < 1.29 is 44.4 Å². The Kier molecular flexibility index (Phi) is 11.4. The molecule has 2 aromatic rings. The Bertz CT molecular complexity index is 1100. The first-order valence-corrected chi connectivity index (χ1v) is 11.4. The molecule has 200 valence electrons. The third-order valence-electron chi connectivity index (χ3n) is 5.33. The van der Waals surface area contributed by atoms with Crippen molar-refractivity contribution in [3.8, 4) is 0 Å². The monoisotopic (exact) mass is 518 g/mol. The van der Waals surface area contributed by atoms with Crippen LogP contribution in [0.3, 0.4) is 0 Å². The number of nitrogens with one attached hydrogen (secondary N) is 1. The first-order valence-electron chi connectivity index (χ1n) is 11.4. The van der Waals surface area contributed by atoms with Gasteiger partial charge in [0.2, 0.25) is 5.91 Å². The average molecular weight is 519 g/mol. The summed E-state index contributed by atoms with van der Waals surface area (Å²) in [6.45, 7) is -2.16. The van der Waals surface area contributed by atoms with Gasteiger partial charge in [0, 0.05) is 37.3 Å². The average Bonchev–Trinajstić information content (AvgIpc) is 2.79. The number of benzene rings is 2. The highest BCUT2D eigenvalue weighted by Gasteiger charge is 2.20. The van der Waals surface area contributed by atoms with Crippen molar-refractivity contribution in [2.75, 3.05) is 64.2 Å². The van der Waals surface area contributed by atoms with Crippen LogP contribution in [0.5, 0.6) is 0 Å². The maximum absolute atomic E-state index is 12.7. The molecular weight excluding hydrogens is 488 g/mol. The molecule has 2 rings (SSSR count). The molecule has 37 heavy (non-hydrogen) atoms. The van der Waals surface area contributed by atoms with Crippen molar-refractivity contribution in [1.29, 1.82) is 0 Å². The summed E-state index contributed by atoms with van der Waals surface area (Å²) >= 11 is 0. The zero-order valence-electron chi connectivity index (χ0n) is 20.1. The molecule has 0 saturated heterocycles. The second kappa shape index (κ2) is 14.5. The number of hydrogen-bond acceptors (Lipinski definition) is 8. The van der Waals surface area contributed by atoms with E-state index in [1.165, 1.54) is 9.80 Å². The largest absolute Gasteiger partial charge is 0.480 e. The smallest absolute Gasteiger partial charge is 0.317 e. The van der Waals surface area contributed by atoms with Crippen LogP contribution in [0, 0.1) is 0 Å². The van der Waals surface area contributed by atoms with Crippen molar-refractivity contribution in [3.05, 3.63) is 42.5 Å². The van der Waals surface area contributed by atoms with Gasteiger partial charge >= 0.3 is 23.9 Å². The summed E-state index contributed by atoms with van der Waals surface area (Å²) in [5, 5.41) is 41.0. The lowest BCUT2D eigenvalue weighted by Crippen LogP contribution is -2.46. The summed E-state index contributed by atoms with van der Waals surface area (Å²) in [5.41, 5.74) is 0.572. The molecule has 0 radical (unpaired) electrons. The van der Waals surface area contributed by atoms with Crippen LogP contribution in [0.15, 0.2) is 42.5 Å². The molecule has 2 aromatic carbocycles. The van der Waals surface area contributed by atoms with Gasteiger partial charge in [0.05, 0.1) is 32.7 Å². The van der Waals surface area contributed by atoms with Gasteiger partial charge in [-0.25, -0.2) is 0 Å². The third kappa shape index (κ3) is 11.0. The fourth-order valence-electron chi connectivity index (χ4n) is 3.76. The maximum atomic E-state index is 12.7. The SMILES string of the molecule is O=C(O)CN(CCN(CC(=O)O)CC(=O)O)CCN(CC(=O)O)CC(=O)Nc1cccc2ccccc12. The van der Waals surface area contributed by atoms with E-state index < -0.39 is 56.0 Å². The van der Waals surface area contributed by atoms with Crippen molar-refractivity contribution >= 4 is 46.2 Å². The molecule has 5 N–H and O–H groups in total. The van der Waals surface area contributed by atoms with Crippen molar-refractivity contribution in [1.82, 2.24) is 14.7 Å². The highest BCUT2D eigenvalue weighted by Crippen LogP contribution is 2.22. The number of anilines is 1. The van der Waals surface area contributed by atoms with Gasteiger partial charge in [-0.1, -0.05) is 36.4 Å². The van der Waals surface area contributed by atoms with Crippen LogP contribution in [-0.2, 0) is 24.0 Å². The Morgan fingerprint density at radius 1 is 0.568 bits per heavy atom. The number of carboxylic acids is 4. The van der Waals surface area contributed by atoms with Crippen molar-refractivity contribution in [2.24, 2.45) is 0 Å². The van der Waals surface area contributed by atoms with Gasteiger partial charge in [0.15, 0.2) is 0 Å². The summed E-state index contributed by atoms with van der Waals surface area (Å²) in [7, 11) is 0. The van der Waals surface area contributed by atoms with Gasteiger partial charge in [-0.2, -0.15) is 0 Å². The van der Waals surface area contributed by atoms with E-state index in [1.54, 1.807) is 12.1 Å². The van der Waals surface area contributed by atoms with Crippen LogP contribution < -0.4 is 5.32 Å². The fourth-order valence-corrected chi connectivity index (χ4v) is 3.76. The van der Waals surface area contributed by atoms with Crippen LogP contribution in [0.2, 0.25) is 0 Å². The molecule has 0 aliphatic heterocycles. The second-order valence-corrected chi connectivity index (χ2v) is 8.35. The first kappa shape index (κ1) is 29.2. The normalized spacial score (nSPS) is 11.2. The summed E-state index contributed by atoms with van der Waals surface area (Å²) in [6, 6.07) is 12.9. The number of rotatable bonds is 17. The van der Waals surface area contributed by atoms with Crippen LogP contribution >= 0.6 is 0 Å². The number of carbonyl (C=O) groups is 5. The van der Waals surface area contributed by atoms with Gasteiger partial charge in [0.25, 0.3) is 0 Å². The van der Waals surface area contributed by atoms with E-state index in [0.29, 0.717) is 5.69 Å². The highest BCUT2D eigenvalue weighted by atomic mass is 16.4. The van der Waals surface area contributed by atoms with Gasteiger partial charge in [-0.05, 0) is 11.5 Å². The first-order chi connectivity index (χ1) is 17.5. The van der Waals surface area contributed by atoms with Gasteiger partial charge < -0.3 is 25.7 Å². The Labute approximate surface area is 212 Å². The predicted molar refractivity (Wildman–Crippen MR) is 132 cm³/mol. The van der Waals surface area contributed by atoms with Crippen LogP contribution in [0.4, 0.5) is 5.69 Å². The highest BCUT2D eigenvalue weighted by molar-refractivity contribution is 6.02.